The lowest BCUT2D eigenvalue weighted by molar-refractivity contribution is -0.113. The normalized spacial score (nSPS) is 10.6. The lowest BCUT2D eigenvalue weighted by Crippen LogP contribution is -2.15. The Morgan fingerprint density at radius 3 is 2.82 bits per heavy atom. The Morgan fingerprint density at radius 1 is 1.47 bits per heavy atom. The first kappa shape index (κ1) is 14.4. The third-order valence-electron chi connectivity index (χ3n) is 2.23. The number of halogens is 1. The van der Waals surface area contributed by atoms with Crippen LogP contribution in [0.1, 0.15) is 19.4 Å². The van der Waals surface area contributed by atoms with E-state index in [1.807, 2.05) is 25.1 Å². The lowest BCUT2D eigenvalue weighted by Gasteiger charge is -2.09. The molecule has 0 radical (unpaired) electrons. The average molecular weight is 272 g/mol. The minimum atomic E-state index is 0.0287. The van der Waals surface area contributed by atoms with Gasteiger partial charge in [0.1, 0.15) is 0 Å². The Hall–Kier alpha value is -0.670. The van der Waals surface area contributed by atoms with Crippen molar-refractivity contribution in [3.63, 3.8) is 0 Å². The molecular formula is C13H18ClNOS. The molecular weight excluding hydrogens is 254 g/mol. The van der Waals surface area contributed by atoms with Gasteiger partial charge in [0.15, 0.2) is 0 Å². The first-order chi connectivity index (χ1) is 8.00. The third-order valence-corrected chi connectivity index (χ3v) is 4.00. The molecule has 1 aromatic rings. The molecule has 1 amide bonds. The molecule has 0 fully saturated rings. The summed E-state index contributed by atoms with van der Waals surface area (Å²) in [7, 11) is 0. The monoisotopic (exact) mass is 271 g/mol. The number of anilines is 1. The number of rotatable bonds is 5. The standard InChI is InChI=1S/C13H18ClNOS/c1-9(2)7-17-8-13(16)15-12-6-4-5-11(14)10(12)3/h4-6,9H,7-8H2,1-3H3,(H,15,16). The van der Waals surface area contributed by atoms with Crippen LogP contribution in [0.4, 0.5) is 5.69 Å². The Balaban J connectivity index is 2.48. The van der Waals surface area contributed by atoms with Crippen LogP contribution >= 0.6 is 23.4 Å². The second kappa shape index (κ2) is 6.92. The zero-order valence-corrected chi connectivity index (χ0v) is 12.0. The van der Waals surface area contributed by atoms with Crippen molar-refractivity contribution in [1.29, 1.82) is 0 Å². The van der Waals surface area contributed by atoms with Crippen LogP contribution in [0.15, 0.2) is 18.2 Å². The molecule has 17 heavy (non-hydrogen) atoms. The van der Waals surface area contributed by atoms with E-state index in [4.69, 9.17) is 11.6 Å². The van der Waals surface area contributed by atoms with Gasteiger partial charge in [0, 0.05) is 10.7 Å². The van der Waals surface area contributed by atoms with Crippen molar-refractivity contribution in [3.05, 3.63) is 28.8 Å². The molecule has 94 valence electrons. The van der Waals surface area contributed by atoms with Crippen molar-refractivity contribution in [3.8, 4) is 0 Å². The quantitative estimate of drug-likeness (QED) is 0.878. The molecule has 0 aliphatic heterocycles. The minimum absolute atomic E-state index is 0.0287. The van der Waals surface area contributed by atoms with Crippen molar-refractivity contribution in [2.45, 2.75) is 20.8 Å². The van der Waals surface area contributed by atoms with E-state index in [0.717, 1.165) is 17.0 Å². The molecule has 0 unspecified atom stereocenters. The first-order valence-corrected chi connectivity index (χ1v) is 7.16. The molecule has 0 bridgehead atoms. The van der Waals surface area contributed by atoms with Gasteiger partial charge in [0.05, 0.1) is 5.75 Å². The maximum atomic E-state index is 11.7. The summed E-state index contributed by atoms with van der Waals surface area (Å²) in [6.45, 7) is 6.19. The van der Waals surface area contributed by atoms with E-state index < -0.39 is 0 Å². The van der Waals surface area contributed by atoms with Gasteiger partial charge in [-0.1, -0.05) is 31.5 Å². The van der Waals surface area contributed by atoms with Crippen molar-refractivity contribution < 1.29 is 4.79 Å². The Bertz CT molecular complexity index is 393. The van der Waals surface area contributed by atoms with Gasteiger partial charge >= 0.3 is 0 Å². The van der Waals surface area contributed by atoms with E-state index in [2.05, 4.69) is 19.2 Å². The van der Waals surface area contributed by atoms with Crippen molar-refractivity contribution in [1.82, 2.24) is 0 Å². The van der Waals surface area contributed by atoms with E-state index in [-0.39, 0.29) is 5.91 Å². The summed E-state index contributed by atoms with van der Waals surface area (Å²) >= 11 is 7.64. The minimum Gasteiger partial charge on any atom is -0.325 e. The highest BCUT2D eigenvalue weighted by atomic mass is 35.5. The van der Waals surface area contributed by atoms with Crippen LogP contribution in [-0.2, 0) is 4.79 Å². The highest BCUT2D eigenvalue weighted by Crippen LogP contribution is 2.23. The van der Waals surface area contributed by atoms with Crippen molar-refractivity contribution in [2.24, 2.45) is 5.92 Å². The van der Waals surface area contributed by atoms with E-state index in [9.17, 15) is 4.79 Å². The number of carbonyl (C=O) groups excluding carboxylic acids is 1. The molecule has 0 aliphatic rings. The Kier molecular flexibility index (Phi) is 5.86. The van der Waals surface area contributed by atoms with Crippen LogP contribution in [0.25, 0.3) is 0 Å². The summed E-state index contributed by atoms with van der Waals surface area (Å²) in [5.74, 6) is 2.13. The molecule has 0 saturated heterocycles. The highest BCUT2D eigenvalue weighted by molar-refractivity contribution is 7.99. The molecule has 2 nitrogen and oxygen atoms in total. The Labute approximate surface area is 112 Å². The largest absolute Gasteiger partial charge is 0.325 e. The number of amides is 1. The van der Waals surface area contributed by atoms with Gasteiger partial charge in [-0.05, 0) is 36.3 Å². The fourth-order valence-electron chi connectivity index (χ4n) is 1.32. The molecule has 4 heteroatoms. The Morgan fingerprint density at radius 2 is 2.18 bits per heavy atom. The third kappa shape index (κ3) is 5.00. The number of thioether (sulfide) groups is 1. The number of carbonyl (C=O) groups is 1. The average Bonchev–Trinajstić information content (AvgIpc) is 2.24. The van der Waals surface area contributed by atoms with Crippen LogP contribution in [0.3, 0.4) is 0 Å². The number of hydrogen-bond acceptors (Lipinski definition) is 2. The topological polar surface area (TPSA) is 29.1 Å². The molecule has 0 saturated carbocycles. The molecule has 0 heterocycles. The second-order valence-electron chi connectivity index (χ2n) is 4.37. The zero-order chi connectivity index (χ0) is 12.8. The van der Waals surface area contributed by atoms with E-state index >= 15 is 0 Å². The van der Waals surface area contributed by atoms with Crippen molar-refractivity contribution in [2.75, 3.05) is 16.8 Å². The molecule has 0 spiro atoms. The highest BCUT2D eigenvalue weighted by Gasteiger charge is 2.07. The van der Waals surface area contributed by atoms with Gasteiger partial charge in [-0.2, -0.15) is 11.8 Å². The number of hydrogen-bond donors (Lipinski definition) is 1. The van der Waals surface area contributed by atoms with E-state index in [0.29, 0.717) is 16.7 Å². The summed E-state index contributed by atoms with van der Waals surface area (Å²) < 4.78 is 0. The van der Waals surface area contributed by atoms with E-state index in [1.165, 1.54) is 0 Å². The van der Waals surface area contributed by atoms with Crippen LogP contribution in [-0.4, -0.2) is 17.4 Å². The van der Waals surface area contributed by atoms with Gasteiger partial charge in [-0.15, -0.1) is 0 Å². The molecule has 1 aromatic carbocycles. The van der Waals surface area contributed by atoms with Crippen LogP contribution in [0, 0.1) is 12.8 Å². The number of benzene rings is 1. The van der Waals surface area contributed by atoms with Gasteiger partial charge < -0.3 is 5.32 Å². The van der Waals surface area contributed by atoms with Crippen LogP contribution in [0.5, 0.6) is 0 Å². The molecule has 0 aliphatic carbocycles. The van der Waals surface area contributed by atoms with Crippen molar-refractivity contribution >= 4 is 35.0 Å². The molecule has 0 aromatic heterocycles. The summed E-state index contributed by atoms with van der Waals surface area (Å²) in [5, 5.41) is 3.56. The molecule has 1 N–H and O–H groups in total. The SMILES string of the molecule is Cc1c(Cl)cccc1NC(=O)CSCC(C)C. The smallest absolute Gasteiger partial charge is 0.234 e. The summed E-state index contributed by atoms with van der Waals surface area (Å²) in [5.41, 5.74) is 1.71. The van der Waals surface area contributed by atoms with Crippen LogP contribution < -0.4 is 5.32 Å². The predicted molar refractivity (Wildman–Crippen MR) is 77.0 cm³/mol. The van der Waals surface area contributed by atoms with Crippen LogP contribution in [0.2, 0.25) is 5.02 Å². The first-order valence-electron chi connectivity index (χ1n) is 5.63. The van der Waals surface area contributed by atoms with Gasteiger partial charge in [-0.25, -0.2) is 0 Å². The summed E-state index contributed by atoms with van der Waals surface area (Å²) in [4.78, 5) is 11.7. The summed E-state index contributed by atoms with van der Waals surface area (Å²) in [6, 6.07) is 5.53. The van der Waals surface area contributed by atoms with Gasteiger partial charge in [-0.3, -0.25) is 4.79 Å². The lowest BCUT2D eigenvalue weighted by atomic mass is 10.2. The molecule has 0 atom stereocenters. The number of nitrogens with one attached hydrogen (secondary N) is 1. The fraction of sp³-hybridized carbons (Fsp3) is 0.462. The van der Waals surface area contributed by atoms with E-state index in [1.54, 1.807) is 11.8 Å². The zero-order valence-electron chi connectivity index (χ0n) is 10.4. The van der Waals surface area contributed by atoms with Gasteiger partial charge in [0.25, 0.3) is 0 Å². The molecule has 1 rings (SSSR count). The maximum Gasteiger partial charge on any atom is 0.234 e. The second-order valence-corrected chi connectivity index (χ2v) is 5.81. The predicted octanol–water partition coefficient (Wildman–Crippen LogP) is 3.98. The maximum absolute atomic E-state index is 11.7. The fourth-order valence-corrected chi connectivity index (χ4v) is 2.34. The summed E-state index contributed by atoms with van der Waals surface area (Å²) in [6.07, 6.45) is 0. The van der Waals surface area contributed by atoms with Gasteiger partial charge in [0.2, 0.25) is 5.91 Å².